The molecule has 0 bridgehead atoms. The van der Waals surface area contributed by atoms with Gasteiger partial charge in [-0.15, -0.1) is 0 Å². The maximum absolute atomic E-state index is 12.6. The number of hydrogen-bond acceptors (Lipinski definition) is 17. The Morgan fingerprint density at radius 1 is 0.746 bits per heavy atom. The molecule has 0 aromatic rings. The van der Waals surface area contributed by atoms with E-state index >= 15 is 0 Å². The molecule has 9 rings (SSSR count). The van der Waals surface area contributed by atoms with Crippen LogP contribution in [0.4, 0.5) is 0 Å². The SMILES string of the molecule is CC(=O)OC1C(C)OC(OC2CC(O)CC3=CCC4C5CC6OC7(CCC(C)CO7)C(C)C6C5(C)CCC4C32C)C(OC2OC(C)C(O)C(O)C2O)C1OC1OCC(O)C(O)C1O. The number of carbonyl (C=O) groups is 1. The second-order valence-electron chi connectivity index (χ2n) is 21.3. The highest BCUT2D eigenvalue weighted by atomic mass is 16.8. The van der Waals surface area contributed by atoms with Gasteiger partial charge in [-0.3, -0.25) is 4.79 Å². The van der Waals surface area contributed by atoms with Gasteiger partial charge in [0.05, 0.1) is 43.7 Å². The Bertz CT molecular complexity index is 1690. The predicted octanol–water partition coefficient (Wildman–Crippen LogP) is 1.42. The second-order valence-corrected chi connectivity index (χ2v) is 21.3. The minimum atomic E-state index is -1.75. The number of allylic oxidation sites excluding steroid dienone is 1. The molecule has 7 N–H and O–H groups in total. The van der Waals surface area contributed by atoms with Gasteiger partial charge in [0.1, 0.15) is 48.8 Å². The molecule has 26 unspecified atom stereocenters. The highest BCUT2D eigenvalue weighted by molar-refractivity contribution is 5.66. The van der Waals surface area contributed by atoms with Crippen LogP contribution in [0.3, 0.4) is 0 Å². The van der Waals surface area contributed by atoms with Crippen LogP contribution in [0.5, 0.6) is 0 Å². The monoisotopic (exact) mass is 896 g/mol. The molecule has 5 heterocycles. The van der Waals surface area contributed by atoms with Gasteiger partial charge < -0.3 is 78.4 Å². The quantitative estimate of drug-likeness (QED) is 0.141. The summed E-state index contributed by atoms with van der Waals surface area (Å²) < 4.78 is 57.6. The summed E-state index contributed by atoms with van der Waals surface area (Å²) in [5.41, 5.74) is 0.615. The first-order valence-corrected chi connectivity index (χ1v) is 23.6. The van der Waals surface area contributed by atoms with E-state index in [4.69, 9.17) is 42.6 Å². The normalized spacial score (nSPS) is 56.8. The molecule has 358 valence electrons. The Kier molecular flexibility index (Phi) is 12.8. The first-order chi connectivity index (χ1) is 29.8. The smallest absolute Gasteiger partial charge is 0.303 e. The third kappa shape index (κ3) is 7.78. The predicted molar refractivity (Wildman–Crippen MR) is 218 cm³/mol. The summed E-state index contributed by atoms with van der Waals surface area (Å²) in [6, 6.07) is 0. The fourth-order valence-corrected chi connectivity index (χ4v) is 14.1. The van der Waals surface area contributed by atoms with E-state index in [0.717, 1.165) is 50.7 Å². The lowest BCUT2D eigenvalue weighted by Gasteiger charge is -2.61. The molecular formula is C46H72O17. The molecule has 8 fully saturated rings. The van der Waals surface area contributed by atoms with Crippen molar-refractivity contribution >= 4 is 5.97 Å². The Morgan fingerprint density at radius 3 is 2.17 bits per heavy atom. The summed E-state index contributed by atoms with van der Waals surface area (Å²) in [5.74, 6) is 0.866. The van der Waals surface area contributed by atoms with Crippen LogP contribution >= 0.6 is 0 Å². The van der Waals surface area contributed by atoms with Crippen molar-refractivity contribution in [2.45, 2.75) is 210 Å². The van der Waals surface area contributed by atoms with Crippen LogP contribution in [0.25, 0.3) is 0 Å². The minimum absolute atomic E-state index is 0.0516. The first kappa shape index (κ1) is 46.7. The largest absolute Gasteiger partial charge is 0.457 e. The highest BCUT2D eigenvalue weighted by Crippen LogP contribution is 2.71. The second kappa shape index (κ2) is 17.3. The van der Waals surface area contributed by atoms with Gasteiger partial charge in [-0.1, -0.05) is 39.3 Å². The Morgan fingerprint density at radius 2 is 1.46 bits per heavy atom. The van der Waals surface area contributed by atoms with Crippen LogP contribution in [0, 0.1) is 46.3 Å². The lowest BCUT2D eigenvalue weighted by atomic mass is 9.46. The van der Waals surface area contributed by atoms with E-state index in [1.54, 1.807) is 6.92 Å². The van der Waals surface area contributed by atoms with E-state index in [1.807, 2.05) is 0 Å². The molecular weight excluding hydrogens is 824 g/mol. The minimum Gasteiger partial charge on any atom is -0.457 e. The van der Waals surface area contributed by atoms with E-state index in [0.29, 0.717) is 30.1 Å². The van der Waals surface area contributed by atoms with Crippen molar-refractivity contribution in [3.8, 4) is 0 Å². The lowest BCUT2D eigenvalue weighted by molar-refractivity contribution is -0.391. The molecule has 5 aliphatic heterocycles. The summed E-state index contributed by atoms with van der Waals surface area (Å²) in [5, 5.41) is 75.9. The summed E-state index contributed by atoms with van der Waals surface area (Å²) in [7, 11) is 0. The number of aliphatic hydroxyl groups is 7. The fraction of sp³-hybridized carbons (Fsp3) is 0.935. The molecule has 17 heteroatoms. The molecule has 17 nitrogen and oxygen atoms in total. The summed E-state index contributed by atoms with van der Waals surface area (Å²) in [4.78, 5) is 12.6. The number of hydrogen-bond donors (Lipinski definition) is 7. The number of esters is 1. The van der Waals surface area contributed by atoms with E-state index in [9.17, 15) is 40.5 Å². The number of fused-ring (bicyclic) bond motifs is 7. The zero-order valence-corrected chi connectivity index (χ0v) is 37.6. The molecule has 3 saturated carbocycles. The molecule has 9 aliphatic rings. The number of ether oxygens (including phenoxy) is 9. The van der Waals surface area contributed by atoms with Crippen molar-refractivity contribution in [2.24, 2.45) is 46.3 Å². The molecule has 1 spiro atoms. The van der Waals surface area contributed by atoms with Crippen LogP contribution in [0.15, 0.2) is 11.6 Å². The maximum Gasteiger partial charge on any atom is 0.303 e. The van der Waals surface area contributed by atoms with Gasteiger partial charge in [-0.05, 0) is 87.4 Å². The summed E-state index contributed by atoms with van der Waals surface area (Å²) in [6.45, 7) is 14.0. The van der Waals surface area contributed by atoms with Crippen LogP contribution in [-0.4, -0.2) is 165 Å². The van der Waals surface area contributed by atoms with Gasteiger partial charge >= 0.3 is 5.97 Å². The zero-order valence-electron chi connectivity index (χ0n) is 37.6. The molecule has 0 aromatic carbocycles. The molecule has 26 atom stereocenters. The van der Waals surface area contributed by atoms with Gasteiger partial charge in [0.2, 0.25) is 0 Å². The lowest BCUT2D eigenvalue weighted by Crippen LogP contribution is -2.67. The topological polar surface area (TPSA) is 242 Å². The highest BCUT2D eigenvalue weighted by Gasteiger charge is 2.70. The van der Waals surface area contributed by atoms with Crippen LogP contribution in [0.2, 0.25) is 0 Å². The maximum atomic E-state index is 12.6. The fourth-order valence-electron chi connectivity index (χ4n) is 14.1. The average molecular weight is 897 g/mol. The first-order valence-electron chi connectivity index (χ1n) is 23.6. The van der Waals surface area contributed by atoms with E-state index in [1.165, 1.54) is 13.8 Å². The third-order valence-electron chi connectivity index (χ3n) is 17.6. The van der Waals surface area contributed by atoms with Gasteiger partial charge in [-0.2, -0.15) is 0 Å². The van der Waals surface area contributed by atoms with E-state index < -0.39 is 115 Å². The van der Waals surface area contributed by atoms with Crippen molar-refractivity contribution in [3.63, 3.8) is 0 Å². The molecule has 4 aliphatic carbocycles. The van der Waals surface area contributed by atoms with Crippen molar-refractivity contribution in [2.75, 3.05) is 13.2 Å². The molecule has 5 saturated heterocycles. The Labute approximate surface area is 369 Å². The number of carbonyl (C=O) groups excluding carboxylic acids is 1. The van der Waals surface area contributed by atoms with Gasteiger partial charge in [0.15, 0.2) is 30.8 Å². The van der Waals surface area contributed by atoms with Crippen molar-refractivity contribution < 1.29 is 83.2 Å². The third-order valence-corrected chi connectivity index (χ3v) is 17.6. The van der Waals surface area contributed by atoms with Crippen molar-refractivity contribution in [3.05, 3.63) is 11.6 Å². The average Bonchev–Trinajstić information content (AvgIpc) is 3.68. The van der Waals surface area contributed by atoms with Crippen LogP contribution in [-0.2, 0) is 47.4 Å². The summed E-state index contributed by atoms with van der Waals surface area (Å²) in [6.07, 6.45) is -12.4. The molecule has 0 amide bonds. The van der Waals surface area contributed by atoms with Crippen LogP contribution in [0.1, 0.15) is 99.8 Å². The van der Waals surface area contributed by atoms with E-state index in [-0.39, 0.29) is 36.4 Å². The Balaban J connectivity index is 1.03. The number of rotatable bonds is 7. The van der Waals surface area contributed by atoms with Crippen molar-refractivity contribution in [1.29, 1.82) is 0 Å². The number of aliphatic hydroxyl groups excluding tert-OH is 7. The van der Waals surface area contributed by atoms with E-state index in [2.05, 4.69) is 33.8 Å². The van der Waals surface area contributed by atoms with Gasteiger partial charge in [0, 0.05) is 31.1 Å². The molecule has 0 aromatic heterocycles. The van der Waals surface area contributed by atoms with Crippen molar-refractivity contribution in [1.82, 2.24) is 0 Å². The Hall–Kier alpha value is -1.39. The zero-order chi connectivity index (χ0) is 45.1. The molecule has 63 heavy (non-hydrogen) atoms. The van der Waals surface area contributed by atoms with Crippen LogP contribution < -0.4 is 0 Å². The summed E-state index contributed by atoms with van der Waals surface area (Å²) >= 11 is 0. The molecule has 0 radical (unpaired) electrons. The van der Waals surface area contributed by atoms with Gasteiger partial charge in [0.25, 0.3) is 0 Å². The van der Waals surface area contributed by atoms with Gasteiger partial charge in [-0.25, -0.2) is 0 Å². The standard InChI is InChI=1S/C46H72O17/c1-19-10-13-46(56-17-19)20(2)32-30(63-46)16-28-26-9-8-24-14-25(48)15-31(45(24,7)27(26)11-12-44(28,32)6)60-43-40(62-42-37(54)35(52)33(50)21(3)57-42)39(38(22(4)58-43)59-23(5)47)61-41-36(53)34(51)29(49)18-55-41/h8,19-22,25-43,48-54H,9-18H2,1-7H3.